The molecule has 0 N–H and O–H groups in total. The minimum Gasteiger partial charge on any atom is -0.264 e. The highest BCUT2D eigenvalue weighted by molar-refractivity contribution is 6.08. The van der Waals surface area contributed by atoms with Gasteiger partial charge < -0.3 is 0 Å². The summed E-state index contributed by atoms with van der Waals surface area (Å²) in [7, 11) is 0. The molecule has 72 valence electrons. The van der Waals surface area contributed by atoms with Crippen LogP contribution in [0.5, 0.6) is 0 Å². The first kappa shape index (κ1) is 8.36. The molecule has 0 aliphatic carbocycles. The summed E-state index contributed by atoms with van der Waals surface area (Å²) in [4.78, 5) is 8.47. The second-order valence-corrected chi connectivity index (χ2v) is 3.66. The van der Waals surface area contributed by atoms with Crippen LogP contribution in [0.4, 0.5) is 0 Å². The van der Waals surface area contributed by atoms with Crippen LogP contribution in [0.15, 0.2) is 42.9 Å². The maximum atomic E-state index is 4.34. The zero-order valence-electron chi connectivity index (χ0n) is 8.44. The summed E-state index contributed by atoms with van der Waals surface area (Å²) in [6.07, 6.45) is 5.57. The molecule has 3 rings (SSSR count). The molecule has 3 aromatic rings. The summed E-state index contributed by atoms with van der Waals surface area (Å²) >= 11 is 0. The van der Waals surface area contributed by atoms with Crippen molar-refractivity contribution in [2.45, 2.75) is 6.92 Å². The molecule has 0 saturated heterocycles. The molecule has 0 fully saturated rings. The molecule has 0 saturated carbocycles. The lowest BCUT2D eigenvalue weighted by Crippen LogP contribution is -1.85. The third-order valence-corrected chi connectivity index (χ3v) is 2.74. The number of hydrogen-bond donors (Lipinski definition) is 0. The van der Waals surface area contributed by atoms with Gasteiger partial charge >= 0.3 is 0 Å². The molecule has 0 bridgehead atoms. The van der Waals surface area contributed by atoms with Crippen molar-refractivity contribution >= 4 is 21.5 Å². The number of nitrogens with zero attached hydrogens (tertiary/aromatic N) is 2. The normalized spacial score (nSPS) is 11.0. The van der Waals surface area contributed by atoms with Gasteiger partial charge in [-0.1, -0.05) is 12.1 Å². The van der Waals surface area contributed by atoms with E-state index in [1.807, 2.05) is 37.6 Å². The predicted octanol–water partition coefficient (Wildman–Crippen LogP) is 3.09. The SMILES string of the molecule is Cc1nccc2ccc3cnccc3c12. The predicted molar refractivity (Wildman–Crippen MR) is 61.8 cm³/mol. The van der Waals surface area contributed by atoms with Crippen LogP contribution in [-0.4, -0.2) is 9.97 Å². The molecule has 0 aliphatic heterocycles. The van der Waals surface area contributed by atoms with E-state index in [4.69, 9.17) is 0 Å². The third kappa shape index (κ3) is 1.18. The zero-order chi connectivity index (χ0) is 10.3. The Hall–Kier alpha value is -1.96. The Bertz CT molecular complexity index is 644. The molecule has 0 atom stereocenters. The van der Waals surface area contributed by atoms with Crippen molar-refractivity contribution in [3.63, 3.8) is 0 Å². The van der Waals surface area contributed by atoms with Crippen LogP contribution in [0.2, 0.25) is 0 Å². The molecule has 2 aromatic heterocycles. The molecular weight excluding hydrogens is 184 g/mol. The number of benzene rings is 1. The molecule has 2 nitrogen and oxygen atoms in total. The van der Waals surface area contributed by atoms with E-state index in [9.17, 15) is 0 Å². The molecule has 0 unspecified atom stereocenters. The second kappa shape index (κ2) is 3.02. The summed E-state index contributed by atoms with van der Waals surface area (Å²) in [6.45, 7) is 2.04. The topological polar surface area (TPSA) is 25.8 Å². The van der Waals surface area contributed by atoms with Crippen LogP contribution in [-0.2, 0) is 0 Å². The number of rotatable bonds is 0. The van der Waals surface area contributed by atoms with E-state index in [0.717, 1.165) is 5.69 Å². The van der Waals surface area contributed by atoms with Gasteiger partial charge in [0.15, 0.2) is 0 Å². The molecular formula is C13H10N2. The van der Waals surface area contributed by atoms with Crippen molar-refractivity contribution < 1.29 is 0 Å². The van der Waals surface area contributed by atoms with Crippen LogP contribution in [0.3, 0.4) is 0 Å². The smallest absolute Gasteiger partial charge is 0.0457 e. The fourth-order valence-electron chi connectivity index (χ4n) is 2.02. The van der Waals surface area contributed by atoms with Crippen molar-refractivity contribution in [3.8, 4) is 0 Å². The highest BCUT2D eigenvalue weighted by Gasteiger charge is 2.02. The van der Waals surface area contributed by atoms with Gasteiger partial charge in [-0.2, -0.15) is 0 Å². The molecule has 0 amide bonds. The lowest BCUT2D eigenvalue weighted by Gasteiger charge is -2.04. The van der Waals surface area contributed by atoms with Gasteiger partial charge in [-0.15, -0.1) is 0 Å². The minimum atomic E-state index is 1.07. The molecule has 1 aromatic carbocycles. The molecule has 0 aliphatic rings. The standard InChI is InChI=1S/C13H10N2/c1-9-13-10(4-7-15-9)2-3-11-8-14-6-5-12(11)13/h2-8H,1H3. The quantitative estimate of drug-likeness (QED) is 0.514. The van der Waals surface area contributed by atoms with Gasteiger partial charge in [0, 0.05) is 35.1 Å². The van der Waals surface area contributed by atoms with Crippen LogP contribution in [0, 0.1) is 6.92 Å². The zero-order valence-corrected chi connectivity index (χ0v) is 8.44. The lowest BCUT2D eigenvalue weighted by molar-refractivity contribution is 1.24. The Morgan fingerprint density at radius 3 is 2.73 bits per heavy atom. The minimum absolute atomic E-state index is 1.07. The van der Waals surface area contributed by atoms with Crippen molar-refractivity contribution in [3.05, 3.63) is 48.5 Å². The molecule has 0 spiro atoms. The maximum absolute atomic E-state index is 4.34. The van der Waals surface area contributed by atoms with Gasteiger partial charge in [0.1, 0.15) is 0 Å². The lowest BCUT2D eigenvalue weighted by atomic mass is 10.0. The van der Waals surface area contributed by atoms with E-state index < -0.39 is 0 Å². The Morgan fingerprint density at radius 1 is 0.933 bits per heavy atom. The second-order valence-electron chi connectivity index (χ2n) is 3.66. The highest BCUT2D eigenvalue weighted by Crippen LogP contribution is 2.25. The third-order valence-electron chi connectivity index (χ3n) is 2.74. The summed E-state index contributed by atoms with van der Waals surface area (Å²) in [5.41, 5.74) is 1.07. The number of pyridine rings is 2. The van der Waals surface area contributed by atoms with Gasteiger partial charge in [-0.05, 0) is 29.8 Å². The first-order valence-electron chi connectivity index (χ1n) is 4.94. The fraction of sp³-hybridized carbons (Fsp3) is 0.0769. The van der Waals surface area contributed by atoms with E-state index in [-0.39, 0.29) is 0 Å². The van der Waals surface area contributed by atoms with E-state index in [2.05, 4.69) is 22.1 Å². The molecule has 2 heteroatoms. The van der Waals surface area contributed by atoms with Crippen molar-refractivity contribution in [2.75, 3.05) is 0 Å². The van der Waals surface area contributed by atoms with Gasteiger partial charge in [0.2, 0.25) is 0 Å². The highest BCUT2D eigenvalue weighted by atomic mass is 14.7. The average molecular weight is 194 g/mol. The van der Waals surface area contributed by atoms with Gasteiger partial charge in [0.25, 0.3) is 0 Å². The maximum Gasteiger partial charge on any atom is 0.0457 e. The number of aryl methyl sites for hydroxylation is 1. The Labute approximate surface area is 87.6 Å². The van der Waals surface area contributed by atoms with E-state index in [0.29, 0.717) is 0 Å². The van der Waals surface area contributed by atoms with Gasteiger partial charge in [-0.3, -0.25) is 9.97 Å². The Morgan fingerprint density at radius 2 is 1.80 bits per heavy atom. The summed E-state index contributed by atoms with van der Waals surface area (Å²) < 4.78 is 0. The number of hydrogen-bond acceptors (Lipinski definition) is 2. The van der Waals surface area contributed by atoms with Crippen LogP contribution in [0.25, 0.3) is 21.5 Å². The fourth-order valence-corrected chi connectivity index (χ4v) is 2.02. The van der Waals surface area contributed by atoms with Gasteiger partial charge in [0.05, 0.1) is 0 Å². The van der Waals surface area contributed by atoms with Crippen LogP contribution in [0.1, 0.15) is 5.69 Å². The first-order chi connectivity index (χ1) is 7.36. The van der Waals surface area contributed by atoms with Crippen molar-refractivity contribution in [2.24, 2.45) is 0 Å². The van der Waals surface area contributed by atoms with E-state index in [1.54, 1.807) is 0 Å². The summed E-state index contributed by atoms with van der Waals surface area (Å²) in [6, 6.07) is 8.31. The summed E-state index contributed by atoms with van der Waals surface area (Å²) in [5.74, 6) is 0. The average Bonchev–Trinajstić information content (AvgIpc) is 2.29. The Kier molecular flexibility index (Phi) is 1.68. The van der Waals surface area contributed by atoms with Crippen molar-refractivity contribution in [1.82, 2.24) is 9.97 Å². The van der Waals surface area contributed by atoms with Gasteiger partial charge in [-0.25, -0.2) is 0 Å². The summed E-state index contributed by atoms with van der Waals surface area (Å²) in [5, 5.41) is 4.87. The molecule has 15 heavy (non-hydrogen) atoms. The molecule has 0 radical (unpaired) electrons. The number of fused-ring (bicyclic) bond motifs is 3. The molecule has 2 heterocycles. The Balaban J connectivity index is 2.64. The first-order valence-corrected chi connectivity index (χ1v) is 4.94. The van der Waals surface area contributed by atoms with Crippen molar-refractivity contribution in [1.29, 1.82) is 0 Å². The van der Waals surface area contributed by atoms with Crippen LogP contribution >= 0.6 is 0 Å². The monoisotopic (exact) mass is 194 g/mol. The van der Waals surface area contributed by atoms with Crippen LogP contribution < -0.4 is 0 Å². The number of aromatic nitrogens is 2. The van der Waals surface area contributed by atoms with E-state index >= 15 is 0 Å². The largest absolute Gasteiger partial charge is 0.264 e. The van der Waals surface area contributed by atoms with E-state index in [1.165, 1.54) is 21.5 Å².